The molecule has 0 heterocycles. The molecule has 4 fully saturated rings. The van der Waals surface area contributed by atoms with Gasteiger partial charge in [-0.15, -0.1) is 12.3 Å². The molecule has 158 valence electrons. The molecule has 28 heavy (non-hydrogen) atoms. The van der Waals surface area contributed by atoms with Crippen LogP contribution in [-0.4, -0.2) is 23.0 Å². The van der Waals surface area contributed by atoms with Crippen molar-refractivity contribution in [2.24, 2.45) is 46.2 Å². The molecule has 0 amide bonds. The van der Waals surface area contributed by atoms with Crippen LogP contribution < -0.4 is 5.73 Å². The van der Waals surface area contributed by atoms with Crippen LogP contribution in [0.2, 0.25) is 0 Å². The van der Waals surface area contributed by atoms with Crippen molar-refractivity contribution in [1.82, 2.24) is 0 Å². The summed E-state index contributed by atoms with van der Waals surface area (Å²) in [5.74, 6) is 4.87. The van der Waals surface area contributed by atoms with E-state index in [1.807, 2.05) is 0 Å². The van der Waals surface area contributed by atoms with Crippen LogP contribution in [0.3, 0.4) is 0 Å². The van der Waals surface area contributed by atoms with Gasteiger partial charge >= 0.3 is 0 Å². The molecule has 9 atom stereocenters. The fourth-order valence-electron chi connectivity index (χ4n) is 8.19. The van der Waals surface area contributed by atoms with Gasteiger partial charge in [0.2, 0.25) is 0 Å². The van der Waals surface area contributed by atoms with Crippen molar-refractivity contribution < 1.29 is 9.84 Å². The third-order valence-corrected chi connectivity index (χ3v) is 9.58. The number of nitrogens with two attached hydrogens (primary N) is 1. The van der Waals surface area contributed by atoms with Gasteiger partial charge < -0.3 is 15.6 Å². The van der Waals surface area contributed by atoms with Gasteiger partial charge in [0.1, 0.15) is 0 Å². The van der Waals surface area contributed by atoms with Crippen molar-refractivity contribution in [2.75, 3.05) is 0 Å². The number of hydrogen-bond donors (Lipinski definition) is 2. The monoisotopic (exact) mass is 387 g/mol. The Labute approximate surface area is 172 Å². The van der Waals surface area contributed by atoms with Crippen LogP contribution in [0, 0.1) is 52.8 Å². The number of hydrogen-bond acceptors (Lipinski definition) is 3. The summed E-state index contributed by atoms with van der Waals surface area (Å²) in [6.07, 6.45) is 16.9. The van der Waals surface area contributed by atoms with E-state index in [4.69, 9.17) is 16.9 Å². The zero-order valence-corrected chi connectivity index (χ0v) is 18.4. The summed E-state index contributed by atoms with van der Waals surface area (Å²) in [5.41, 5.74) is 6.98. The van der Waals surface area contributed by atoms with Gasteiger partial charge in [0, 0.05) is 12.0 Å². The first-order valence-corrected chi connectivity index (χ1v) is 11.7. The van der Waals surface area contributed by atoms with Crippen LogP contribution in [0.5, 0.6) is 0 Å². The van der Waals surface area contributed by atoms with Gasteiger partial charge in [-0.05, 0) is 99.7 Å². The Hall–Kier alpha value is -0.560. The smallest absolute Gasteiger partial charge is 0.160 e. The number of fused-ring (bicyclic) bond motifs is 5. The fourth-order valence-corrected chi connectivity index (χ4v) is 8.19. The van der Waals surface area contributed by atoms with Crippen molar-refractivity contribution in [2.45, 2.75) is 103 Å². The zero-order chi connectivity index (χ0) is 20.3. The molecule has 4 rings (SSSR count). The Kier molecular flexibility index (Phi) is 5.18. The maximum absolute atomic E-state index is 10.6. The minimum absolute atomic E-state index is 0.120. The lowest BCUT2D eigenvalue weighted by atomic mass is 9.41. The lowest BCUT2D eigenvalue weighted by Crippen LogP contribution is -2.62. The molecule has 3 N–H and O–H groups in total. The predicted octanol–water partition coefficient (Wildman–Crippen LogP) is 4.72. The summed E-state index contributed by atoms with van der Waals surface area (Å²) in [4.78, 5) is 0. The van der Waals surface area contributed by atoms with Gasteiger partial charge in [-0.3, -0.25) is 0 Å². The third kappa shape index (κ3) is 3.24. The number of ether oxygens (including phenoxy) is 1. The summed E-state index contributed by atoms with van der Waals surface area (Å²) in [5, 5.41) is 10.6. The van der Waals surface area contributed by atoms with E-state index in [9.17, 15) is 5.11 Å². The molecule has 0 aromatic heterocycles. The Morgan fingerprint density at radius 2 is 1.71 bits per heavy atom. The average molecular weight is 388 g/mol. The van der Waals surface area contributed by atoms with Gasteiger partial charge in [-0.2, -0.15) is 0 Å². The molecule has 4 saturated carbocycles. The maximum atomic E-state index is 10.6. The molecule has 3 heteroatoms. The van der Waals surface area contributed by atoms with Crippen LogP contribution in [0.25, 0.3) is 0 Å². The van der Waals surface area contributed by atoms with Crippen molar-refractivity contribution in [3.05, 3.63) is 0 Å². The zero-order valence-electron chi connectivity index (χ0n) is 18.4. The van der Waals surface area contributed by atoms with Gasteiger partial charge in [-0.1, -0.05) is 20.3 Å². The van der Waals surface area contributed by atoms with Crippen molar-refractivity contribution in [3.8, 4) is 12.3 Å². The van der Waals surface area contributed by atoms with Gasteiger partial charge in [0.15, 0.2) is 5.79 Å². The van der Waals surface area contributed by atoms with E-state index in [2.05, 4.69) is 19.8 Å². The highest BCUT2D eigenvalue weighted by Gasteiger charge is 2.62. The summed E-state index contributed by atoms with van der Waals surface area (Å²) in [6.45, 7) is 8.58. The van der Waals surface area contributed by atoms with Crippen molar-refractivity contribution in [1.29, 1.82) is 0 Å². The lowest BCUT2D eigenvalue weighted by molar-refractivity contribution is -0.269. The maximum Gasteiger partial charge on any atom is 0.160 e. The largest absolute Gasteiger partial charge is 0.366 e. The minimum Gasteiger partial charge on any atom is -0.366 e. The first-order valence-electron chi connectivity index (χ1n) is 11.7. The predicted molar refractivity (Wildman–Crippen MR) is 113 cm³/mol. The highest BCUT2D eigenvalue weighted by atomic mass is 16.6. The van der Waals surface area contributed by atoms with E-state index in [0.717, 1.165) is 19.3 Å². The van der Waals surface area contributed by atoms with Crippen LogP contribution in [0.1, 0.15) is 85.5 Å². The standard InChI is InChI=1S/C25H41NO2/c1-6-16-8-7-9-19-22-20(11-13-24(16,19)4)25(5)12-10-18(26)14-17(25)15-21(22)28-23(2,3)27/h1,16-22,27H,7-15,26H2,2-5H3. The third-order valence-electron chi connectivity index (χ3n) is 9.58. The average Bonchev–Trinajstić information content (AvgIpc) is 2.60. The summed E-state index contributed by atoms with van der Waals surface area (Å²) in [6, 6.07) is 0.326. The quantitative estimate of drug-likeness (QED) is 0.532. The van der Waals surface area contributed by atoms with Gasteiger partial charge in [0.05, 0.1) is 6.10 Å². The molecule has 4 aliphatic rings. The van der Waals surface area contributed by atoms with Crippen LogP contribution in [0.4, 0.5) is 0 Å². The van der Waals surface area contributed by atoms with E-state index in [1.54, 1.807) is 13.8 Å². The molecule has 9 unspecified atom stereocenters. The van der Waals surface area contributed by atoms with Crippen molar-refractivity contribution in [3.63, 3.8) is 0 Å². The number of terminal acetylenes is 1. The molecule has 0 saturated heterocycles. The Balaban J connectivity index is 1.72. The molecule has 0 aromatic rings. The summed E-state index contributed by atoms with van der Waals surface area (Å²) in [7, 11) is 0. The van der Waals surface area contributed by atoms with E-state index in [-0.39, 0.29) is 11.5 Å². The highest BCUT2D eigenvalue weighted by Crippen LogP contribution is 2.66. The Morgan fingerprint density at radius 3 is 2.39 bits per heavy atom. The van der Waals surface area contributed by atoms with Crippen LogP contribution >= 0.6 is 0 Å². The first-order chi connectivity index (χ1) is 13.1. The number of aliphatic hydroxyl groups is 1. The molecule has 0 aliphatic heterocycles. The molecule has 3 nitrogen and oxygen atoms in total. The second kappa shape index (κ2) is 7.00. The second-order valence-electron chi connectivity index (χ2n) is 11.6. The molecule has 0 spiro atoms. The second-order valence-corrected chi connectivity index (χ2v) is 11.6. The molecule has 4 aliphatic carbocycles. The fraction of sp³-hybridized carbons (Fsp3) is 0.920. The number of rotatable bonds is 2. The first kappa shape index (κ1) is 20.7. The van der Waals surface area contributed by atoms with E-state index < -0.39 is 5.79 Å². The Bertz CT molecular complexity index is 633. The lowest BCUT2D eigenvalue weighted by Gasteiger charge is -2.65. The minimum atomic E-state index is -1.09. The van der Waals surface area contributed by atoms with Gasteiger partial charge in [-0.25, -0.2) is 0 Å². The molecule has 0 bridgehead atoms. The molecule has 0 aromatic carbocycles. The van der Waals surface area contributed by atoms with Crippen LogP contribution in [-0.2, 0) is 4.74 Å². The summed E-state index contributed by atoms with van der Waals surface area (Å²) < 4.78 is 6.40. The highest BCUT2D eigenvalue weighted by molar-refractivity contribution is 5.14. The van der Waals surface area contributed by atoms with E-state index >= 15 is 0 Å². The SMILES string of the molecule is C#CC1CCCC2C3C(OC(C)(C)O)CC4CC(N)CCC4(C)C3CCC12C. The topological polar surface area (TPSA) is 55.5 Å². The van der Waals surface area contributed by atoms with E-state index in [0.29, 0.717) is 41.0 Å². The summed E-state index contributed by atoms with van der Waals surface area (Å²) >= 11 is 0. The Morgan fingerprint density at radius 1 is 1.04 bits per heavy atom. The van der Waals surface area contributed by atoms with Crippen molar-refractivity contribution >= 4 is 0 Å². The van der Waals surface area contributed by atoms with E-state index in [1.165, 1.54) is 38.5 Å². The molecular weight excluding hydrogens is 346 g/mol. The molecular formula is C25H41NO2. The van der Waals surface area contributed by atoms with Crippen LogP contribution in [0.15, 0.2) is 0 Å². The normalized spacial score (nSPS) is 51.4. The molecule has 0 radical (unpaired) electrons. The van der Waals surface area contributed by atoms with Gasteiger partial charge in [0.25, 0.3) is 0 Å².